The molecule has 8 heteroatoms. The van der Waals surface area contributed by atoms with Crippen LogP contribution in [0.2, 0.25) is 15.2 Å². The van der Waals surface area contributed by atoms with E-state index in [0.29, 0.717) is 26.5 Å². The molecule has 0 aliphatic rings. The molecule has 0 fully saturated rings. The molecule has 3 aromatic rings. The van der Waals surface area contributed by atoms with Crippen molar-refractivity contribution in [1.82, 2.24) is 10.4 Å². The van der Waals surface area contributed by atoms with Crippen molar-refractivity contribution in [3.63, 3.8) is 0 Å². The lowest BCUT2D eigenvalue weighted by molar-refractivity contribution is -0.123. The van der Waals surface area contributed by atoms with Gasteiger partial charge >= 0.3 is 0 Å². The highest BCUT2D eigenvalue weighted by Gasteiger charge is 2.06. The molecule has 0 aliphatic heterocycles. The van der Waals surface area contributed by atoms with E-state index in [1.54, 1.807) is 12.1 Å². The number of amides is 1. The minimum atomic E-state index is -0.447. The first kappa shape index (κ1) is 18.5. The second-order valence-corrected chi connectivity index (χ2v) is 6.42. The Bertz CT molecular complexity index is 993. The Morgan fingerprint density at radius 3 is 2.77 bits per heavy atom. The van der Waals surface area contributed by atoms with Gasteiger partial charge in [0.1, 0.15) is 10.9 Å². The normalized spacial score (nSPS) is 11.0. The van der Waals surface area contributed by atoms with Crippen LogP contribution < -0.4 is 10.2 Å². The Kier molecular flexibility index (Phi) is 5.93. The fourth-order valence-corrected chi connectivity index (χ4v) is 2.80. The monoisotopic (exact) mass is 407 g/mol. The Balaban J connectivity index is 1.59. The Hall–Kier alpha value is -2.34. The van der Waals surface area contributed by atoms with Crippen LogP contribution in [-0.2, 0) is 4.79 Å². The van der Waals surface area contributed by atoms with E-state index in [1.165, 1.54) is 12.3 Å². The van der Waals surface area contributed by atoms with Crippen molar-refractivity contribution in [3.05, 3.63) is 69.3 Å². The lowest BCUT2D eigenvalue weighted by atomic mass is 10.2. The number of rotatable bonds is 5. The smallest absolute Gasteiger partial charge is 0.277 e. The average molecular weight is 409 g/mol. The highest BCUT2D eigenvalue weighted by Crippen LogP contribution is 2.27. The second-order valence-electron chi connectivity index (χ2n) is 5.22. The number of aromatic nitrogens is 1. The van der Waals surface area contributed by atoms with E-state index in [1.807, 2.05) is 30.3 Å². The molecule has 26 heavy (non-hydrogen) atoms. The third kappa shape index (κ3) is 4.64. The summed E-state index contributed by atoms with van der Waals surface area (Å²) in [7, 11) is 0. The molecule has 0 saturated carbocycles. The van der Waals surface area contributed by atoms with E-state index < -0.39 is 5.91 Å². The predicted molar refractivity (Wildman–Crippen MR) is 104 cm³/mol. The number of para-hydroxylation sites is 1. The van der Waals surface area contributed by atoms with Crippen LogP contribution in [0.25, 0.3) is 10.9 Å². The molecule has 0 spiro atoms. The molecule has 0 saturated heterocycles. The van der Waals surface area contributed by atoms with E-state index in [0.717, 1.165) is 10.9 Å². The minimum absolute atomic E-state index is 0.248. The maximum Gasteiger partial charge on any atom is 0.277 e. The molecule has 1 aromatic heterocycles. The quantitative estimate of drug-likeness (QED) is 0.377. The molecule has 2 aromatic carbocycles. The molecule has 5 nitrogen and oxygen atoms in total. The Morgan fingerprint density at radius 1 is 1.15 bits per heavy atom. The molecule has 0 radical (unpaired) electrons. The second kappa shape index (κ2) is 8.36. The van der Waals surface area contributed by atoms with Gasteiger partial charge in [0.2, 0.25) is 0 Å². The highest BCUT2D eigenvalue weighted by molar-refractivity contribution is 6.35. The van der Waals surface area contributed by atoms with E-state index in [-0.39, 0.29) is 6.61 Å². The third-order valence-corrected chi connectivity index (χ3v) is 4.18. The van der Waals surface area contributed by atoms with Crippen molar-refractivity contribution < 1.29 is 9.53 Å². The molecular weight excluding hydrogens is 397 g/mol. The van der Waals surface area contributed by atoms with Crippen LogP contribution in [0.4, 0.5) is 0 Å². The van der Waals surface area contributed by atoms with Gasteiger partial charge in [-0.15, -0.1) is 0 Å². The first-order chi connectivity index (χ1) is 12.5. The molecule has 0 aliphatic carbocycles. The van der Waals surface area contributed by atoms with Gasteiger partial charge in [0.25, 0.3) is 5.91 Å². The van der Waals surface area contributed by atoms with Gasteiger partial charge in [-0.25, -0.2) is 10.4 Å². The van der Waals surface area contributed by atoms with Crippen molar-refractivity contribution in [2.75, 3.05) is 6.61 Å². The fraction of sp³-hybridized carbons (Fsp3) is 0.0556. The molecule has 0 atom stereocenters. The molecule has 0 bridgehead atoms. The van der Waals surface area contributed by atoms with Crippen LogP contribution in [0.15, 0.2) is 53.6 Å². The van der Waals surface area contributed by atoms with Crippen molar-refractivity contribution in [2.24, 2.45) is 5.10 Å². The number of ether oxygens (including phenoxy) is 1. The van der Waals surface area contributed by atoms with Crippen LogP contribution >= 0.6 is 34.8 Å². The van der Waals surface area contributed by atoms with Crippen molar-refractivity contribution in [3.8, 4) is 5.75 Å². The summed E-state index contributed by atoms with van der Waals surface area (Å²) in [6.45, 7) is -0.248. The predicted octanol–water partition coefficient (Wildman–Crippen LogP) is 4.72. The maximum atomic E-state index is 11.8. The topological polar surface area (TPSA) is 63.6 Å². The van der Waals surface area contributed by atoms with E-state index >= 15 is 0 Å². The number of halogens is 3. The van der Waals surface area contributed by atoms with Gasteiger partial charge in [-0.05, 0) is 30.3 Å². The SMILES string of the molecule is O=C(COc1ccc(Cl)cc1Cl)N/N=C/c1cc2ccccc2nc1Cl. The van der Waals surface area contributed by atoms with Crippen molar-refractivity contribution in [1.29, 1.82) is 0 Å². The number of hydrogen-bond donors (Lipinski definition) is 1. The lowest BCUT2D eigenvalue weighted by Crippen LogP contribution is -2.24. The summed E-state index contributed by atoms with van der Waals surface area (Å²) >= 11 is 17.9. The number of carbonyl (C=O) groups excluding carboxylic acids is 1. The zero-order valence-electron chi connectivity index (χ0n) is 13.2. The number of hydrogen-bond acceptors (Lipinski definition) is 4. The van der Waals surface area contributed by atoms with E-state index in [2.05, 4.69) is 15.5 Å². The van der Waals surface area contributed by atoms with Crippen LogP contribution in [-0.4, -0.2) is 23.7 Å². The van der Waals surface area contributed by atoms with Gasteiger partial charge in [0.05, 0.1) is 16.8 Å². The van der Waals surface area contributed by atoms with Gasteiger partial charge in [-0.3, -0.25) is 4.79 Å². The molecule has 1 amide bonds. The third-order valence-electron chi connectivity index (χ3n) is 3.35. The summed E-state index contributed by atoms with van der Waals surface area (Å²) in [5.74, 6) is -0.0888. The summed E-state index contributed by atoms with van der Waals surface area (Å²) in [6, 6.07) is 14.1. The fourth-order valence-electron chi connectivity index (χ4n) is 2.14. The van der Waals surface area contributed by atoms with Gasteiger partial charge in [-0.2, -0.15) is 5.10 Å². The van der Waals surface area contributed by atoms with Gasteiger partial charge in [0.15, 0.2) is 6.61 Å². The van der Waals surface area contributed by atoms with Crippen LogP contribution in [0.5, 0.6) is 5.75 Å². The zero-order valence-corrected chi connectivity index (χ0v) is 15.5. The molecule has 1 N–H and O–H groups in total. The molecule has 132 valence electrons. The first-order valence-electron chi connectivity index (χ1n) is 7.48. The van der Waals surface area contributed by atoms with Gasteiger partial charge < -0.3 is 4.74 Å². The van der Waals surface area contributed by atoms with Crippen molar-refractivity contribution in [2.45, 2.75) is 0 Å². The summed E-state index contributed by atoms with van der Waals surface area (Å²) in [4.78, 5) is 16.1. The number of hydrazone groups is 1. The molecule has 0 unspecified atom stereocenters. The molecular formula is C18H12Cl3N3O2. The average Bonchev–Trinajstić information content (AvgIpc) is 2.61. The summed E-state index contributed by atoms with van der Waals surface area (Å²) in [6.07, 6.45) is 1.43. The van der Waals surface area contributed by atoms with E-state index in [9.17, 15) is 4.79 Å². The molecule has 3 rings (SSSR count). The number of benzene rings is 2. The van der Waals surface area contributed by atoms with Crippen molar-refractivity contribution >= 4 is 57.8 Å². The first-order valence-corrected chi connectivity index (χ1v) is 8.61. The largest absolute Gasteiger partial charge is 0.482 e. The highest BCUT2D eigenvalue weighted by atomic mass is 35.5. The Morgan fingerprint density at radius 2 is 1.96 bits per heavy atom. The number of nitrogens with one attached hydrogen (secondary N) is 1. The lowest BCUT2D eigenvalue weighted by Gasteiger charge is -2.07. The number of carbonyl (C=O) groups is 1. The minimum Gasteiger partial charge on any atom is -0.482 e. The number of nitrogens with zero attached hydrogens (tertiary/aromatic N) is 2. The number of fused-ring (bicyclic) bond motifs is 1. The zero-order chi connectivity index (χ0) is 18.5. The van der Waals surface area contributed by atoms with Crippen LogP contribution in [0, 0.1) is 0 Å². The summed E-state index contributed by atoms with van der Waals surface area (Å²) < 4.78 is 5.32. The Labute approximate surface area is 164 Å². The maximum absolute atomic E-state index is 11.8. The standard InChI is InChI=1S/C18H12Cl3N3O2/c19-13-5-6-16(14(20)8-13)26-10-17(25)24-22-9-12-7-11-3-1-2-4-15(11)23-18(12)21/h1-9H,10H2,(H,24,25)/b22-9+. The van der Waals surface area contributed by atoms with Gasteiger partial charge in [0, 0.05) is 16.0 Å². The van der Waals surface area contributed by atoms with Crippen LogP contribution in [0.1, 0.15) is 5.56 Å². The van der Waals surface area contributed by atoms with Crippen LogP contribution in [0.3, 0.4) is 0 Å². The van der Waals surface area contributed by atoms with E-state index in [4.69, 9.17) is 39.5 Å². The molecule has 1 heterocycles. The number of pyridine rings is 1. The summed E-state index contributed by atoms with van der Waals surface area (Å²) in [5, 5.41) is 5.90. The van der Waals surface area contributed by atoms with Gasteiger partial charge in [-0.1, -0.05) is 53.0 Å². The summed E-state index contributed by atoms with van der Waals surface area (Å²) in [5.41, 5.74) is 3.73.